The Kier molecular flexibility index (Phi) is 3.53. The number of rotatable bonds is 5. The van der Waals surface area contributed by atoms with E-state index in [1.165, 1.54) is 17.8 Å². The topological polar surface area (TPSA) is 68.3 Å². The van der Waals surface area contributed by atoms with Gasteiger partial charge in [-0.2, -0.15) is 5.10 Å². The van der Waals surface area contributed by atoms with Gasteiger partial charge in [0.2, 0.25) is 5.76 Å². The van der Waals surface area contributed by atoms with E-state index in [0.717, 1.165) is 17.7 Å². The number of aromatic nitrogens is 2. The van der Waals surface area contributed by atoms with Crippen LogP contribution in [0, 0.1) is 0 Å². The SMILES string of the molecule is Cn1cc(CCSc2ccc(C(=O)O)o2)cn1. The average molecular weight is 252 g/mol. The first-order chi connectivity index (χ1) is 8.15. The van der Waals surface area contributed by atoms with Crippen LogP contribution in [0.2, 0.25) is 0 Å². The van der Waals surface area contributed by atoms with Gasteiger partial charge in [-0.15, -0.1) is 0 Å². The van der Waals surface area contributed by atoms with Gasteiger partial charge in [0.1, 0.15) is 0 Å². The van der Waals surface area contributed by atoms with Crippen molar-refractivity contribution in [2.45, 2.75) is 11.5 Å². The first-order valence-electron chi connectivity index (χ1n) is 5.08. The lowest BCUT2D eigenvalue weighted by atomic mass is 10.3. The van der Waals surface area contributed by atoms with E-state index < -0.39 is 5.97 Å². The molecule has 0 amide bonds. The molecule has 2 heterocycles. The van der Waals surface area contributed by atoms with Crippen molar-refractivity contribution < 1.29 is 14.3 Å². The van der Waals surface area contributed by atoms with Crippen LogP contribution in [0.5, 0.6) is 0 Å². The van der Waals surface area contributed by atoms with Gasteiger partial charge in [-0.1, -0.05) is 11.8 Å². The van der Waals surface area contributed by atoms with Crippen molar-refractivity contribution in [1.29, 1.82) is 0 Å². The molecule has 0 fully saturated rings. The molecule has 0 aliphatic carbocycles. The van der Waals surface area contributed by atoms with Gasteiger partial charge in [0.25, 0.3) is 0 Å². The molecule has 0 saturated heterocycles. The van der Waals surface area contributed by atoms with E-state index in [1.807, 2.05) is 19.4 Å². The lowest BCUT2D eigenvalue weighted by molar-refractivity contribution is 0.0656. The highest BCUT2D eigenvalue weighted by molar-refractivity contribution is 7.99. The standard InChI is InChI=1S/C11H12N2O3S/c1-13-7-8(6-12-13)4-5-17-10-3-2-9(16-10)11(14)15/h2-3,6-7H,4-5H2,1H3,(H,14,15). The van der Waals surface area contributed by atoms with Crippen molar-refractivity contribution in [2.75, 3.05) is 5.75 Å². The minimum absolute atomic E-state index is 0.0196. The molecule has 0 atom stereocenters. The third-order valence-corrected chi connectivity index (χ3v) is 3.10. The number of aryl methyl sites for hydroxylation is 2. The maximum atomic E-state index is 10.6. The highest BCUT2D eigenvalue weighted by Gasteiger charge is 2.09. The smallest absolute Gasteiger partial charge is 0.371 e. The van der Waals surface area contributed by atoms with Crippen LogP contribution < -0.4 is 0 Å². The van der Waals surface area contributed by atoms with E-state index in [-0.39, 0.29) is 5.76 Å². The van der Waals surface area contributed by atoms with Gasteiger partial charge in [-0.25, -0.2) is 4.79 Å². The van der Waals surface area contributed by atoms with Gasteiger partial charge in [-0.3, -0.25) is 4.68 Å². The van der Waals surface area contributed by atoms with E-state index in [1.54, 1.807) is 10.7 Å². The molecule has 1 N–H and O–H groups in total. The Labute approximate surface area is 102 Å². The summed E-state index contributed by atoms with van der Waals surface area (Å²) in [6.45, 7) is 0. The summed E-state index contributed by atoms with van der Waals surface area (Å²) in [6, 6.07) is 3.14. The van der Waals surface area contributed by atoms with Crippen LogP contribution in [0.25, 0.3) is 0 Å². The number of hydrogen-bond acceptors (Lipinski definition) is 4. The minimum atomic E-state index is -1.04. The molecule has 0 spiro atoms. The molecule has 2 rings (SSSR count). The summed E-state index contributed by atoms with van der Waals surface area (Å²) in [6.07, 6.45) is 4.67. The Morgan fingerprint density at radius 2 is 2.41 bits per heavy atom. The van der Waals surface area contributed by atoms with Crippen LogP contribution in [0.15, 0.2) is 34.0 Å². The number of furan rings is 1. The summed E-state index contributed by atoms with van der Waals surface area (Å²) in [5, 5.41) is 13.4. The Hall–Kier alpha value is -1.69. The van der Waals surface area contributed by atoms with Crippen molar-refractivity contribution >= 4 is 17.7 Å². The Morgan fingerprint density at radius 3 is 3.00 bits per heavy atom. The molecule has 0 bridgehead atoms. The van der Waals surface area contributed by atoms with Gasteiger partial charge in [-0.05, 0) is 24.1 Å². The molecule has 2 aromatic heterocycles. The quantitative estimate of drug-likeness (QED) is 0.825. The van der Waals surface area contributed by atoms with Crippen LogP contribution in [-0.4, -0.2) is 26.6 Å². The molecular formula is C11H12N2O3S. The molecule has 0 radical (unpaired) electrons. The number of thioether (sulfide) groups is 1. The van der Waals surface area contributed by atoms with E-state index in [0.29, 0.717) is 5.09 Å². The Morgan fingerprint density at radius 1 is 1.59 bits per heavy atom. The maximum absolute atomic E-state index is 10.6. The summed E-state index contributed by atoms with van der Waals surface area (Å²) < 4.78 is 6.89. The lowest BCUT2D eigenvalue weighted by Gasteiger charge is -1.95. The fraction of sp³-hybridized carbons (Fsp3) is 0.273. The molecule has 0 aliphatic rings. The lowest BCUT2D eigenvalue weighted by Crippen LogP contribution is -1.91. The molecule has 2 aromatic rings. The average Bonchev–Trinajstić information content (AvgIpc) is 2.88. The fourth-order valence-corrected chi connectivity index (χ4v) is 2.24. The molecule has 90 valence electrons. The molecule has 17 heavy (non-hydrogen) atoms. The zero-order valence-corrected chi connectivity index (χ0v) is 10.1. The van der Waals surface area contributed by atoms with E-state index in [9.17, 15) is 4.79 Å². The van der Waals surface area contributed by atoms with Crippen LogP contribution in [0.3, 0.4) is 0 Å². The monoisotopic (exact) mass is 252 g/mol. The number of aromatic carboxylic acids is 1. The molecule has 5 nitrogen and oxygen atoms in total. The van der Waals surface area contributed by atoms with Gasteiger partial charge in [0.05, 0.1) is 6.20 Å². The largest absolute Gasteiger partial charge is 0.475 e. The van der Waals surface area contributed by atoms with Gasteiger partial charge in [0.15, 0.2) is 5.09 Å². The highest BCUT2D eigenvalue weighted by Crippen LogP contribution is 2.21. The number of hydrogen-bond donors (Lipinski definition) is 1. The zero-order chi connectivity index (χ0) is 12.3. The first kappa shape index (κ1) is 11.8. The van der Waals surface area contributed by atoms with Gasteiger partial charge >= 0.3 is 5.97 Å². The summed E-state index contributed by atoms with van der Waals surface area (Å²) in [5.41, 5.74) is 1.16. The van der Waals surface area contributed by atoms with Crippen molar-refractivity contribution in [3.8, 4) is 0 Å². The molecule has 0 aromatic carbocycles. The number of carboxylic acids is 1. The second-order valence-electron chi connectivity index (χ2n) is 3.54. The highest BCUT2D eigenvalue weighted by atomic mass is 32.2. The van der Waals surface area contributed by atoms with Gasteiger partial charge < -0.3 is 9.52 Å². The van der Waals surface area contributed by atoms with Crippen molar-refractivity contribution in [3.05, 3.63) is 35.9 Å². The van der Waals surface area contributed by atoms with E-state index in [4.69, 9.17) is 9.52 Å². The molecule has 0 saturated carbocycles. The van der Waals surface area contributed by atoms with E-state index >= 15 is 0 Å². The number of carboxylic acid groups (broad SMARTS) is 1. The predicted molar refractivity (Wildman–Crippen MR) is 63.3 cm³/mol. The number of carbonyl (C=O) groups is 1. The minimum Gasteiger partial charge on any atom is -0.475 e. The third kappa shape index (κ3) is 3.13. The number of nitrogens with zero attached hydrogens (tertiary/aromatic N) is 2. The van der Waals surface area contributed by atoms with Gasteiger partial charge in [0, 0.05) is 19.0 Å². The summed E-state index contributed by atoms with van der Waals surface area (Å²) in [7, 11) is 1.88. The van der Waals surface area contributed by atoms with E-state index in [2.05, 4.69) is 5.10 Å². The van der Waals surface area contributed by atoms with Crippen molar-refractivity contribution in [3.63, 3.8) is 0 Å². The Bertz CT molecular complexity index is 518. The first-order valence-corrected chi connectivity index (χ1v) is 6.07. The van der Waals surface area contributed by atoms with Crippen LogP contribution in [0.1, 0.15) is 16.1 Å². The summed E-state index contributed by atoms with van der Waals surface area (Å²) >= 11 is 1.50. The summed E-state index contributed by atoms with van der Waals surface area (Å²) in [4.78, 5) is 10.6. The van der Waals surface area contributed by atoms with Crippen LogP contribution in [0.4, 0.5) is 0 Å². The second kappa shape index (κ2) is 5.09. The fourth-order valence-electron chi connectivity index (χ4n) is 1.38. The third-order valence-electron chi connectivity index (χ3n) is 2.19. The predicted octanol–water partition coefficient (Wildman–Crippen LogP) is 2.05. The molecule has 0 unspecified atom stereocenters. The molecular weight excluding hydrogens is 240 g/mol. The molecule has 6 heteroatoms. The van der Waals surface area contributed by atoms with Crippen LogP contribution >= 0.6 is 11.8 Å². The summed E-state index contributed by atoms with van der Waals surface area (Å²) in [5.74, 6) is -0.226. The Balaban J connectivity index is 1.83. The maximum Gasteiger partial charge on any atom is 0.371 e. The zero-order valence-electron chi connectivity index (χ0n) is 9.29. The molecule has 0 aliphatic heterocycles. The van der Waals surface area contributed by atoms with Crippen molar-refractivity contribution in [1.82, 2.24) is 9.78 Å². The van der Waals surface area contributed by atoms with Crippen LogP contribution in [-0.2, 0) is 13.5 Å². The second-order valence-corrected chi connectivity index (χ2v) is 4.64. The van der Waals surface area contributed by atoms with Crippen molar-refractivity contribution in [2.24, 2.45) is 7.05 Å². The normalized spacial score (nSPS) is 10.6.